The smallest absolute Gasteiger partial charge is 0.196 e. The van der Waals surface area contributed by atoms with E-state index < -0.39 is 0 Å². The maximum atomic E-state index is 11.4. The van der Waals surface area contributed by atoms with E-state index in [1.54, 1.807) is 14.0 Å². The van der Waals surface area contributed by atoms with Crippen LogP contribution in [0.5, 0.6) is 5.75 Å². The van der Waals surface area contributed by atoms with Crippen LogP contribution in [0.4, 0.5) is 0 Å². The highest BCUT2D eigenvalue weighted by Gasteiger charge is 2.16. The molecule has 0 fully saturated rings. The zero-order valence-electron chi connectivity index (χ0n) is 13.8. The lowest BCUT2D eigenvalue weighted by molar-refractivity contribution is -0.114. The molecule has 7 heteroatoms. The minimum Gasteiger partial charge on any atom is -0.497 e. The SMILES string of the molecule is COc1ccc(-n2c(SCC(C)=O)nnc2-c2ccc(Cl)cc2)cc1. The summed E-state index contributed by atoms with van der Waals surface area (Å²) in [6, 6.07) is 15.0. The Morgan fingerprint density at radius 1 is 1.12 bits per heavy atom. The number of nitrogens with zero attached hydrogens (tertiary/aromatic N) is 3. The van der Waals surface area contributed by atoms with Crippen molar-refractivity contribution in [3.05, 3.63) is 53.6 Å². The predicted octanol–water partition coefficient (Wildman–Crippen LogP) is 4.28. The van der Waals surface area contributed by atoms with Crippen LogP contribution >= 0.6 is 23.4 Å². The molecule has 0 atom stereocenters. The third-order valence-electron chi connectivity index (χ3n) is 3.47. The first kappa shape index (κ1) is 17.5. The zero-order chi connectivity index (χ0) is 17.8. The van der Waals surface area contributed by atoms with Crippen LogP contribution < -0.4 is 4.74 Å². The fraction of sp³-hybridized carbons (Fsp3) is 0.167. The van der Waals surface area contributed by atoms with Gasteiger partial charge in [-0.05, 0) is 55.5 Å². The van der Waals surface area contributed by atoms with Gasteiger partial charge in [0.15, 0.2) is 11.0 Å². The number of halogens is 1. The Labute approximate surface area is 155 Å². The highest BCUT2D eigenvalue weighted by atomic mass is 35.5. The molecule has 0 radical (unpaired) electrons. The number of methoxy groups -OCH3 is 1. The summed E-state index contributed by atoms with van der Waals surface area (Å²) in [5, 5.41) is 9.90. The third kappa shape index (κ3) is 4.03. The first-order valence-corrected chi connectivity index (χ1v) is 8.93. The van der Waals surface area contributed by atoms with Crippen LogP contribution in [0.25, 0.3) is 17.1 Å². The van der Waals surface area contributed by atoms with Gasteiger partial charge < -0.3 is 4.74 Å². The number of thioether (sulfide) groups is 1. The summed E-state index contributed by atoms with van der Waals surface area (Å²) in [5.41, 5.74) is 1.78. The number of carbonyl (C=O) groups excluding carboxylic acids is 1. The quantitative estimate of drug-likeness (QED) is 0.604. The van der Waals surface area contributed by atoms with Crippen molar-refractivity contribution in [3.63, 3.8) is 0 Å². The molecule has 0 spiro atoms. The number of hydrogen-bond acceptors (Lipinski definition) is 5. The van der Waals surface area contributed by atoms with Crippen LogP contribution in [0.3, 0.4) is 0 Å². The molecule has 0 aliphatic heterocycles. The van der Waals surface area contributed by atoms with Gasteiger partial charge in [0, 0.05) is 16.3 Å². The third-order valence-corrected chi connectivity index (χ3v) is 4.80. The Bertz CT molecular complexity index is 876. The molecule has 0 bridgehead atoms. The molecule has 3 rings (SSSR count). The molecular weight excluding hydrogens is 358 g/mol. The molecule has 0 unspecified atom stereocenters. The lowest BCUT2D eigenvalue weighted by Crippen LogP contribution is -2.02. The van der Waals surface area contributed by atoms with E-state index in [1.807, 2.05) is 53.1 Å². The second-order valence-electron chi connectivity index (χ2n) is 5.34. The summed E-state index contributed by atoms with van der Waals surface area (Å²) in [6.07, 6.45) is 0. The summed E-state index contributed by atoms with van der Waals surface area (Å²) >= 11 is 7.34. The first-order chi connectivity index (χ1) is 12.1. The van der Waals surface area contributed by atoms with Gasteiger partial charge in [0.25, 0.3) is 0 Å². The first-order valence-electron chi connectivity index (χ1n) is 7.56. The van der Waals surface area contributed by atoms with Crippen molar-refractivity contribution in [2.24, 2.45) is 0 Å². The molecule has 0 aliphatic carbocycles. The summed E-state index contributed by atoms with van der Waals surface area (Å²) in [4.78, 5) is 11.4. The van der Waals surface area contributed by atoms with Crippen molar-refractivity contribution in [1.82, 2.24) is 14.8 Å². The molecule has 0 N–H and O–H groups in total. The van der Waals surface area contributed by atoms with Gasteiger partial charge in [0.2, 0.25) is 0 Å². The normalized spacial score (nSPS) is 10.7. The Morgan fingerprint density at radius 2 is 1.80 bits per heavy atom. The molecular formula is C18H16ClN3O2S. The maximum Gasteiger partial charge on any atom is 0.196 e. The number of Topliss-reactive ketones (excluding diaryl/α,β-unsaturated/α-hetero) is 1. The summed E-state index contributed by atoms with van der Waals surface area (Å²) < 4.78 is 7.15. The summed E-state index contributed by atoms with van der Waals surface area (Å²) in [7, 11) is 1.63. The lowest BCUT2D eigenvalue weighted by atomic mass is 10.2. The van der Waals surface area contributed by atoms with Crippen molar-refractivity contribution in [2.75, 3.05) is 12.9 Å². The molecule has 0 aliphatic rings. The minimum atomic E-state index is 0.0855. The molecule has 0 saturated heterocycles. The van der Waals surface area contributed by atoms with E-state index in [9.17, 15) is 4.79 Å². The highest BCUT2D eigenvalue weighted by Crippen LogP contribution is 2.29. The Kier molecular flexibility index (Phi) is 5.40. The molecule has 1 heterocycles. The van der Waals surface area contributed by atoms with E-state index in [0.29, 0.717) is 21.8 Å². The monoisotopic (exact) mass is 373 g/mol. The number of ketones is 1. The number of aromatic nitrogens is 3. The van der Waals surface area contributed by atoms with Gasteiger partial charge in [-0.25, -0.2) is 0 Å². The van der Waals surface area contributed by atoms with E-state index in [4.69, 9.17) is 16.3 Å². The van der Waals surface area contributed by atoms with E-state index in [2.05, 4.69) is 10.2 Å². The molecule has 1 aromatic heterocycles. The van der Waals surface area contributed by atoms with E-state index >= 15 is 0 Å². The largest absolute Gasteiger partial charge is 0.497 e. The van der Waals surface area contributed by atoms with Gasteiger partial charge in [-0.1, -0.05) is 23.4 Å². The summed E-state index contributed by atoms with van der Waals surface area (Å²) in [6.45, 7) is 1.56. The highest BCUT2D eigenvalue weighted by molar-refractivity contribution is 7.99. The van der Waals surface area contributed by atoms with Crippen LogP contribution in [-0.4, -0.2) is 33.4 Å². The molecule has 0 amide bonds. The van der Waals surface area contributed by atoms with Crippen molar-refractivity contribution in [1.29, 1.82) is 0 Å². The molecule has 5 nitrogen and oxygen atoms in total. The average Bonchev–Trinajstić information content (AvgIpc) is 3.04. The molecule has 3 aromatic rings. The maximum absolute atomic E-state index is 11.4. The number of rotatable bonds is 6. The number of hydrogen-bond donors (Lipinski definition) is 0. The zero-order valence-corrected chi connectivity index (χ0v) is 15.3. The van der Waals surface area contributed by atoms with Gasteiger partial charge in [0.05, 0.1) is 12.9 Å². The van der Waals surface area contributed by atoms with Crippen LogP contribution in [0, 0.1) is 0 Å². The topological polar surface area (TPSA) is 57.0 Å². The van der Waals surface area contributed by atoms with E-state index in [-0.39, 0.29) is 5.78 Å². The average molecular weight is 374 g/mol. The fourth-order valence-corrected chi connectivity index (χ4v) is 3.16. The van der Waals surface area contributed by atoms with Crippen LogP contribution in [0.2, 0.25) is 5.02 Å². The molecule has 2 aromatic carbocycles. The van der Waals surface area contributed by atoms with Gasteiger partial charge in [-0.2, -0.15) is 0 Å². The van der Waals surface area contributed by atoms with Crippen LogP contribution in [0.15, 0.2) is 53.7 Å². The van der Waals surface area contributed by atoms with Crippen LogP contribution in [0.1, 0.15) is 6.92 Å². The van der Waals surface area contributed by atoms with Gasteiger partial charge >= 0.3 is 0 Å². The Balaban J connectivity index is 2.08. The van der Waals surface area contributed by atoms with Crippen molar-refractivity contribution in [3.8, 4) is 22.8 Å². The Hall–Kier alpha value is -2.31. The standard InChI is InChI=1S/C18H16ClN3O2S/c1-12(23)11-25-18-21-20-17(13-3-5-14(19)6-4-13)22(18)15-7-9-16(24-2)10-8-15/h3-10H,11H2,1-2H3. The number of carbonyl (C=O) groups is 1. The number of benzene rings is 2. The van der Waals surface area contributed by atoms with Gasteiger partial charge in [-0.3, -0.25) is 9.36 Å². The van der Waals surface area contributed by atoms with Crippen molar-refractivity contribution in [2.45, 2.75) is 12.1 Å². The molecule has 0 saturated carbocycles. The summed E-state index contributed by atoms with van der Waals surface area (Å²) in [5.74, 6) is 1.88. The molecule has 25 heavy (non-hydrogen) atoms. The van der Waals surface area contributed by atoms with Crippen LogP contribution in [-0.2, 0) is 4.79 Å². The van der Waals surface area contributed by atoms with Crippen molar-refractivity contribution < 1.29 is 9.53 Å². The second-order valence-corrected chi connectivity index (χ2v) is 6.72. The Morgan fingerprint density at radius 3 is 2.40 bits per heavy atom. The number of ether oxygens (including phenoxy) is 1. The van der Waals surface area contributed by atoms with Gasteiger partial charge in [0.1, 0.15) is 11.5 Å². The predicted molar refractivity (Wildman–Crippen MR) is 99.8 cm³/mol. The van der Waals surface area contributed by atoms with E-state index in [0.717, 1.165) is 17.0 Å². The lowest BCUT2D eigenvalue weighted by Gasteiger charge is -2.11. The molecule has 128 valence electrons. The minimum absolute atomic E-state index is 0.0855. The fourth-order valence-electron chi connectivity index (χ4n) is 2.28. The van der Waals surface area contributed by atoms with Gasteiger partial charge in [-0.15, -0.1) is 10.2 Å². The van der Waals surface area contributed by atoms with E-state index in [1.165, 1.54) is 11.8 Å². The van der Waals surface area contributed by atoms with Crippen molar-refractivity contribution >= 4 is 29.1 Å². The second kappa shape index (κ2) is 7.72.